The molecule has 0 radical (unpaired) electrons. The second kappa shape index (κ2) is 8.89. The molecular weight excluding hydrogens is 364 g/mol. The number of carbonyl (C=O) groups is 1. The van der Waals surface area contributed by atoms with Crippen LogP contribution in [-0.4, -0.2) is 29.0 Å². The Balaban J connectivity index is 1.51. The van der Waals surface area contributed by atoms with Crippen LogP contribution in [0.3, 0.4) is 0 Å². The molecule has 5 nitrogen and oxygen atoms in total. The summed E-state index contributed by atoms with van der Waals surface area (Å²) in [6, 6.07) is 30.4. The van der Waals surface area contributed by atoms with Crippen molar-refractivity contribution < 1.29 is 14.3 Å². The van der Waals surface area contributed by atoms with Crippen LogP contribution in [0.1, 0.15) is 10.5 Å². The average Bonchev–Trinajstić information content (AvgIpc) is 3.24. The van der Waals surface area contributed by atoms with E-state index in [1.165, 1.54) is 0 Å². The summed E-state index contributed by atoms with van der Waals surface area (Å²) in [5.41, 5.74) is 2.81. The number of rotatable bonds is 7. The van der Waals surface area contributed by atoms with Crippen LogP contribution in [-0.2, 0) is 4.74 Å². The van der Waals surface area contributed by atoms with Gasteiger partial charge in [-0.05, 0) is 30.3 Å². The van der Waals surface area contributed by atoms with Gasteiger partial charge in [-0.25, -0.2) is 9.48 Å². The van der Waals surface area contributed by atoms with Gasteiger partial charge in [0.2, 0.25) is 0 Å². The highest BCUT2D eigenvalue weighted by Gasteiger charge is 2.18. The predicted octanol–water partition coefficient (Wildman–Crippen LogP) is 4.78. The molecule has 0 amide bonds. The maximum absolute atomic E-state index is 12.8. The largest absolute Gasteiger partial charge is 0.490 e. The maximum Gasteiger partial charge on any atom is 0.357 e. The normalized spacial score (nSPS) is 10.5. The third kappa shape index (κ3) is 4.52. The Labute approximate surface area is 169 Å². The smallest absolute Gasteiger partial charge is 0.357 e. The fraction of sp³-hybridized carbons (Fsp3) is 0.0833. The molecule has 3 aromatic carbocycles. The highest BCUT2D eigenvalue weighted by Crippen LogP contribution is 2.22. The second-order valence-corrected chi connectivity index (χ2v) is 6.33. The standard InChI is InChI=1S/C24H20N2O3/c27-24(29-17-16-28-21-14-8-3-9-15-21)23-18-22(19-10-4-1-5-11-19)25-26(23)20-12-6-2-7-13-20/h1-15,18H,16-17H2. The number of para-hydroxylation sites is 2. The van der Waals surface area contributed by atoms with Gasteiger partial charge in [0, 0.05) is 5.56 Å². The van der Waals surface area contributed by atoms with Crippen LogP contribution in [0, 0.1) is 0 Å². The molecule has 1 aromatic heterocycles. The van der Waals surface area contributed by atoms with Crippen molar-refractivity contribution in [3.63, 3.8) is 0 Å². The summed E-state index contributed by atoms with van der Waals surface area (Å²) in [5.74, 6) is 0.296. The van der Waals surface area contributed by atoms with E-state index in [0.29, 0.717) is 11.4 Å². The lowest BCUT2D eigenvalue weighted by Gasteiger charge is -2.09. The molecule has 1 heterocycles. The Morgan fingerprint density at radius 3 is 2.10 bits per heavy atom. The predicted molar refractivity (Wildman–Crippen MR) is 111 cm³/mol. The number of esters is 1. The maximum atomic E-state index is 12.8. The van der Waals surface area contributed by atoms with Gasteiger partial charge in [0.15, 0.2) is 5.69 Å². The molecule has 0 aliphatic heterocycles. The first-order valence-electron chi connectivity index (χ1n) is 9.37. The van der Waals surface area contributed by atoms with Gasteiger partial charge in [-0.2, -0.15) is 5.10 Å². The van der Waals surface area contributed by atoms with Gasteiger partial charge in [0.1, 0.15) is 19.0 Å². The lowest BCUT2D eigenvalue weighted by Crippen LogP contribution is -2.15. The Bertz CT molecular complexity index is 1060. The van der Waals surface area contributed by atoms with E-state index >= 15 is 0 Å². The van der Waals surface area contributed by atoms with Crippen LogP contribution in [0.5, 0.6) is 5.75 Å². The summed E-state index contributed by atoms with van der Waals surface area (Å²) in [7, 11) is 0. The molecule has 4 aromatic rings. The number of aromatic nitrogens is 2. The zero-order valence-corrected chi connectivity index (χ0v) is 15.8. The minimum atomic E-state index is -0.444. The third-order valence-corrected chi connectivity index (χ3v) is 4.32. The van der Waals surface area contributed by atoms with E-state index in [4.69, 9.17) is 9.47 Å². The van der Waals surface area contributed by atoms with Crippen molar-refractivity contribution in [2.45, 2.75) is 0 Å². The van der Waals surface area contributed by atoms with Gasteiger partial charge < -0.3 is 9.47 Å². The zero-order chi connectivity index (χ0) is 19.9. The molecule has 0 spiro atoms. The fourth-order valence-electron chi connectivity index (χ4n) is 2.93. The van der Waals surface area contributed by atoms with Gasteiger partial charge in [0.25, 0.3) is 0 Å². The number of nitrogens with zero attached hydrogens (tertiary/aromatic N) is 2. The van der Waals surface area contributed by atoms with E-state index in [1.807, 2.05) is 91.0 Å². The molecule has 4 rings (SSSR count). The van der Waals surface area contributed by atoms with Crippen LogP contribution in [0.25, 0.3) is 16.9 Å². The molecule has 0 fully saturated rings. The quantitative estimate of drug-likeness (QED) is 0.340. The molecule has 0 saturated carbocycles. The number of carbonyl (C=O) groups excluding carboxylic acids is 1. The van der Waals surface area contributed by atoms with Crippen molar-refractivity contribution >= 4 is 5.97 Å². The summed E-state index contributed by atoms with van der Waals surface area (Å²) >= 11 is 0. The third-order valence-electron chi connectivity index (χ3n) is 4.32. The van der Waals surface area contributed by atoms with Crippen molar-refractivity contribution in [3.8, 4) is 22.7 Å². The highest BCUT2D eigenvalue weighted by molar-refractivity contribution is 5.89. The molecule has 0 bridgehead atoms. The number of hydrogen-bond acceptors (Lipinski definition) is 4. The van der Waals surface area contributed by atoms with Crippen LogP contribution in [0.2, 0.25) is 0 Å². The Morgan fingerprint density at radius 2 is 1.41 bits per heavy atom. The summed E-state index contributed by atoms with van der Waals surface area (Å²) in [5, 5.41) is 4.63. The summed E-state index contributed by atoms with van der Waals surface area (Å²) < 4.78 is 12.6. The van der Waals surface area contributed by atoms with Gasteiger partial charge in [-0.15, -0.1) is 0 Å². The van der Waals surface area contributed by atoms with E-state index in [2.05, 4.69) is 5.10 Å². The first kappa shape index (κ1) is 18.5. The van der Waals surface area contributed by atoms with Crippen molar-refractivity contribution in [2.24, 2.45) is 0 Å². The van der Waals surface area contributed by atoms with E-state index in [9.17, 15) is 4.79 Å². The first-order chi connectivity index (χ1) is 14.3. The average molecular weight is 384 g/mol. The van der Waals surface area contributed by atoms with Gasteiger partial charge >= 0.3 is 5.97 Å². The highest BCUT2D eigenvalue weighted by atomic mass is 16.6. The Hall–Kier alpha value is -3.86. The minimum Gasteiger partial charge on any atom is -0.490 e. The van der Waals surface area contributed by atoms with Crippen molar-refractivity contribution in [3.05, 3.63) is 103 Å². The van der Waals surface area contributed by atoms with E-state index < -0.39 is 5.97 Å². The zero-order valence-electron chi connectivity index (χ0n) is 15.8. The summed E-state index contributed by atoms with van der Waals surface area (Å²) in [6.07, 6.45) is 0. The Kier molecular flexibility index (Phi) is 5.67. The molecule has 0 N–H and O–H groups in total. The van der Waals surface area contributed by atoms with Crippen molar-refractivity contribution in [1.82, 2.24) is 9.78 Å². The minimum absolute atomic E-state index is 0.147. The van der Waals surface area contributed by atoms with Crippen molar-refractivity contribution in [2.75, 3.05) is 13.2 Å². The molecule has 0 aliphatic carbocycles. The SMILES string of the molecule is O=C(OCCOc1ccccc1)c1cc(-c2ccccc2)nn1-c1ccccc1. The number of ether oxygens (including phenoxy) is 2. The lowest BCUT2D eigenvalue weighted by molar-refractivity contribution is 0.0440. The van der Waals surface area contributed by atoms with Crippen LogP contribution in [0.15, 0.2) is 97.1 Å². The van der Waals surface area contributed by atoms with Crippen LogP contribution < -0.4 is 4.74 Å². The van der Waals surface area contributed by atoms with Crippen LogP contribution in [0.4, 0.5) is 0 Å². The number of hydrogen-bond donors (Lipinski definition) is 0. The lowest BCUT2D eigenvalue weighted by atomic mass is 10.1. The molecule has 0 saturated heterocycles. The van der Waals surface area contributed by atoms with E-state index in [1.54, 1.807) is 10.7 Å². The molecule has 29 heavy (non-hydrogen) atoms. The van der Waals surface area contributed by atoms with Gasteiger partial charge in [0.05, 0.1) is 11.4 Å². The summed E-state index contributed by atoms with van der Waals surface area (Å²) in [4.78, 5) is 12.8. The molecular formula is C24H20N2O3. The van der Waals surface area contributed by atoms with Gasteiger partial charge in [-0.1, -0.05) is 66.7 Å². The van der Waals surface area contributed by atoms with Crippen molar-refractivity contribution in [1.29, 1.82) is 0 Å². The number of benzene rings is 3. The topological polar surface area (TPSA) is 53.4 Å². The Morgan fingerprint density at radius 1 is 0.793 bits per heavy atom. The molecule has 0 atom stereocenters. The molecule has 144 valence electrons. The summed E-state index contributed by atoms with van der Waals surface area (Å²) in [6.45, 7) is 0.426. The van der Waals surface area contributed by atoms with Gasteiger partial charge in [-0.3, -0.25) is 0 Å². The molecule has 5 heteroatoms. The monoisotopic (exact) mass is 384 g/mol. The second-order valence-electron chi connectivity index (χ2n) is 6.33. The van der Waals surface area contributed by atoms with E-state index in [-0.39, 0.29) is 13.2 Å². The first-order valence-corrected chi connectivity index (χ1v) is 9.37. The molecule has 0 unspecified atom stereocenters. The molecule has 0 aliphatic rings. The fourth-order valence-corrected chi connectivity index (χ4v) is 2.93. The van der Waals surface area contributed by atoms with Crippen LogP contribution >= 0.6 is 0 Å². The van der Waals surface area contributed by atoms with E-state index in [0.717, 1.165) is 17.0 Å².